The van der Waals surface area contributed by atoms with Crippen LogP contribution in [0.3, 0.4) is 0 Å². The molecule has 1 atom stereocenters. The number of fused-ring (bicyclic) bond motifs is 1. The lowest BCUT2D eigenvalue weighted by molar-refractivity contribution is -0.116. The third-order valence-electron chi connectivity index (χ3n) is 6.33. The minimum Gasteiger partial charge on any atom is -0.403 e. The standard InChI is InChI=1S/C27H30N8O3/c1-37-15-14-29-23(28)20(16-30-18-10-7-11-18)26-34-35-27(38-26)33-24-25(36)31-21-13-6-5-12-19(21)22(32-24)17-8-3-2-4-9-17/h2-6,8-9,12-13,16,18,24,30H,7,10-11,14-15H2,1H3,(H2,28,29)(H,31,36)(H,33,35)/b20-16+/t24-/m1/s1. The molecular formula is C27H30N8O3. The number of hydrogen-bond acceptors (Lipinski definition) is 9. The number of nitrogens with one attached hydrogen (secondary N) is 3. The molecular weight excluding hydrogens is 484 g/mol. The average Bonchev–Trinajstić information content (AvgIpc) is 3.31. The van der Waals surface area contributed by atoms with Crippen molar-refractivity contribution in [2.24, 2.45) is 15.7 Å². The maximum absolute atomic E-state index is 13.1. The zero-order valence-electron chi connectivity index (χ0n) is 21.1. The Balaban J connectivity index is 1.42. The number of rotatable bonds is 10. The van der Waals surface area contributed by atoms with Crippen LogP contribution in [0.4, 0.5) is 11.7 Å². The van der Waals surface area contributed by atoms with E-state index in [0.29, 0.717) is 36.2 Å². The Morgan fingerprint density at radius 2 is 1.97 bits per heavy atom. The second-order valence-corrected chi connectivity index (χ2v) is 8.95. The van der Waals surface area contributed by atoms with Crippen LogP contribution in [0, 0.1) is 0 Å². The van der Waals surface area contributed by atoms with Crippen LogP contribution in [0.25, 0.3) is 5.57 Å². The number of benzodiazepines with no additional fused rings is 1. The van der Waals surface area contributed by atoms with Gasteiger partial charge in [0.25, 0.3) is 11.8 Å². The average molecular weight is 515 g/mol. The van der Waals surface area contributed by atoms with E-state index in [0.717, 1.165) is 24.0 Å². The molecule has 3 aromatic rings. The fourth-order valence-corrected chi connectivity index (χ4v) is 4.05. The van der Waals surface area contributed by atoms with Crippen LogP contribution in [0.1, 0.15) is 36.3 Å². The molecule has 0 bridgehead atoms. The number of anilines is 2. The van der Waals surface area contributed by atoms with E-state index in [2.05, 4.69) is 31.1 Å². The van der Waals surface area contributed by atoms with Crippen molar-refractivity contribution < 1.29 is 13.9 Å². The van der Waals surface area contributed by atoms with Crippen molar-refractivity contribution in [3.63, 3.8) is 0 Å². The molecule has 1 aliphatic carbocycles. The first-order chi connectivity index (χ1) is 18.6. The number of nitrogens with zero attached hydrogens (tertiary/aromatic N) is 4. The van der Waals surface area contributed by atoms with Gasteiger partial charge in [0.2, 0.25) is 6.17 Å². The van der Waals surface area contributed by atoms with Gasteiger partial charge in [-0.1, -0.05) is 53.6 Å². The summed E-state index contributed by atoms with van der Waals surface area (Å²) < 4.78 is 11.0. The molecule has 196 valence electrons. The normalized spacial score (nSPS) is 18.1. The topological polar surface area (TPSA) is 152 Å². The molecule has 2 aliphatic rings. The molecule has 11 heteroatoms. The molecule has 1 aliphatic heterocycles. The van der Waals surface area contributed by atoms with Gasteiger partial charge in [-0.05, 0) is 25.3 Å². The van der Waals surface area contributed by atoms with Gasteiger partial charge in [-0.3, -0.25) is 9.79 Å². The zero-order chi connectivity index (χ0) is 26.3. The Bertz CT molecular complexity index is 1360. The van der Waals surface area contributed by atoms with Crippen molar-refractivity contribution in [3.8, 4) is 0 Å². The van der Waals surface area contributed by atoms with Crippen molar-refractivity contribution in [2.75, 3.05) is 30.9 Å². The summed E-state index contributed by atoms with van der Waals surface area (Å²) in [5.74, 6) is 0.0601. The number of methoxy groups -OCH3 is 1. The number of benzene rings is 2. The Hall–Kier alpha value is -4.51. The van der Waals surface area contributed by atoms with E-state index in [1.54, 1.807) is 13.3 Å². The van der Waals surface area contributed by atoms with Crippen LogP contribution < -0.4 is 21.7 Å². The van der Waals surface area contributed by atoms with Gasteiger partial charge in [0.1, 0.15) is 5.84 Å². The maximum Gasteiger partial charge on any atom is 0.317 e. The number of aliphatic imine (C=N–C) groups is 2. The Kier molecular flexibility index (Phi) is 7.74. The highest BCUT2D eigenvalue weighted by Crippen LogP contribution is 2.25. The van der Waals surface area contributed by atoms with Gasteiger partial charge < -0.3 is 30.8 Å². The lowest BCUT2D eigenvalue weighted by atomic mass is 9.93. The van der Waals surface area contributed by atoms with E-state index < -0.39 is 6.17 Å². The number of carbonyl (C=O) groups is 1. The molecule has 2 heterocycles. The predicted octanol–water partition coefficient (Wildman–Crippen LogP) is 2.78. The van der Waals surface area contributed by atoms with Crippen molar-refractivity contribution in [1.82, 2.24) is 15.5 Å². The number of amidine groups is 1. The van der Waals surface area contributed by atoms with Gasteiger partial charge in [-0.15, -0.1) is 5.10 Å². The molecule has 1 saturated carbocycles. The molecule has 1 fully saturated rings. The van der Waals surface area contributed by atoms with Gasteiger partial charge >= 0.3 is 6.01 Å². The summed E-state index contributed by atoms with van der Waals surface area (Å²) in [5.41, 5.74) is 9.75. The van der Waals surface area contributed by atoms with Crippen molar-refractivity contribution >= 4 is 34.7 Å². The van der Waals surface area contributed by atoms with E-state index in [4.69, 9.17) is 19.9 Å². The van der Waals surface area contributed by atoms with Crippen LogP contribution in [0.2, 0.25) is 0 Å². The van der Waals surface area contributed by atoms with Crippen molar-refractivity contribution in [2.45, 2.75) is 31.5 Å². The van der Waals surface area contributed by atoms with Gasteiger partial charge in [0.05, 0.1) is 30.1 Å². The molecule has 2 aromatic carbocycles. The SMILES string of the molecule is COCCN=C(N)/C(=C\NC1CCC1)c1nnc(N[C@H]2N=C(c3ccccc3)c3ccccc3NC2=O)o1. The van der Waals surface area contributed by atoms with Gasteiger partial charge in [-0.25, -0.2) is 4.99 Å². The number of hydrogen-bond donors (Lipinski definition) is 4. The number of amides is 1. The van der Waals surface area contributed by atoms with Crippen molar-refractivity contribution in [1.29, 1.82) is 0 Å². The molecule has 5 rings (SSSR count). The third kappa shape index (κ3) is 5.73. The maximum atomic E-state index is 13.1. The highest BCUT2D eigenvalue weighted by atomic mass is 16.5. The minimum atomic E-state index is -1.01. The third-order valence-corrected chi connectivity index (χ3v) is 6.33. The number of nitrogens with two attached hydrogens (primary N) is 1. The molecule has 0 unspecified atom stereocenters. The lowest BCUT2D eigenvalue weighted by Crippen LogP contribution is -2.32. The molecule has 0 spiro atoms. The smallest absolute Gasteiger partial charge is 0.317 e. The molecule has 5 N–H and O–H groups in total. The Morgan fingerprint density at radius 3 is 2.74 bits per heavy atom. The second kappa shape index (κ2) is 11.7. The fraction of sp³-hybridized carbons (Fsp3) is 0.296. The van der Waals surface area contributed by atoms with E-state index in [-0.39, 0.29) is 23.6 Å². The molecule has 1 amide bonds. The first-order valence-corrected chi connectivity index (χ1v) is 12.5. The molecule has 0 saturated heterocycles. The van der Waals surface area contributed by atoms with Crippen LogP contribution in [0.15, 0.2) is 75.2 Å². The largest absolute Gasteiger partial charge is 0.403 e. The monoisotopic (exact) mass is 514 g/mol. The Labute approximate surface area is 220 Å². The highest BCUT2D eigenvalue weighted by Gasteiger charge is 2.27. The first-order valence-electron chi connectivity index (χ1n) is 12.5. The predicted molar refractivity (Wildman–Crippen MR) is 146 cm³/mol. The van der Waals surface area contributed by atoms with Crippen LogP contribution >= 0.6 is 0 Å². The van der Waals surface area contributed by atoms with Gasteiger partial charge in [0, 0.05) is 30.5 Å². The van der Waals surface area contributed by atoms with E-state index in [9.17, 15) is 4.79 Å². The summed E-state index contributed by atoms with van der Waals surface area (Å²) in [7, 11) is 1.60. The Morgan fingerprint density at radius 1 is 1.18 bits per heavy atom. The number of para-hydroxylation sites is 1. The summed E-state index contributed by atoms with van der Waals surface area (Å²) in [6.07, 6.45) is 4.10. The number of aromatic nitrogens is 2. The first kappa shape index (κ1) is 25.2. The molecule has 38 heavy (non-hydrogen) atoms. The second-order valence-electron chi connectivity index (χ2n) is 8.95. The summed E-state index contributed by atoms with van der Waals surface area (Å²) in [4.78, 5) is 22.2. The number of carbonyl (C=O) groups excluding carboxylic acids is 1. The zero-order valence-corrected chi connectivity index (χ0v) is 21.1. The fourth-order valence-electron chi connectivity index (χ4n) is 4.05. The van der Waals surface area contributed by atoms with E-state index >= 15 is 0 Å². The lowest BCUT2D eigenvalue weighted by Gasteiger charge is -2.25. The summed E-state index contributed by atoms with van der Waals surface area (Å²) in [6.45, 7) is 0.823. The number of ether oxygens (including phenoxy) is 1. The molecule has 11 nitrogen and oxygen atoms in total. The molecule has 0 radical (unpaired) electrons. The van der Waals surface area contributed by atoms with Crippen LogP contribution in [-0.4, -0.2) is 60.1 Å². The minimum absolute atomic E-state index is 0.0292. The summed E-state index contributed by atoms with van der Waals surface area (Å²) >= 11 is 0. The van der Waals surface area contributed by atoms with Gasteiger partial charge in [-0.2, -0.15) is 0 Å². The highest BCUT2D eigenvalue weighted by molar-refractivity contribution is 6.21. The van der Waals surface area contributed by atoms with E-state index in [1.165, 1.54) is 6.42 Å². The van der Waals surface area contributed by atoms with Crippen LogP contribution in [0.5, 0.6) is 0 Å². The van der Waals surface area contributed by atoms with Gasteiger partial charge in [0.15, 0.2) is 0 Å². The summed E-state index contributed by atoms with van der Waals surface area (Å²) in [5, 5.41) is 17.5. The quantitative estimate of drug-likeness (QED) is 0.183. The van der Waals surface area contributed by atoms with Crippen LogP contribution in [-0.2, 0) is 9.53 Å². The van der Waals surface area contributed by atoms with E-state index in [1.807, 2.05) is 54.6 Å². The summed E-state index contributed by atoms with van der Waals surface area (Å²) in [6, 6.07) is 17.6. The van der Waals surface area contributed by atoms with Crippen molar-refractivity contribution in [3.05, 3.63) is 77.8 Å². The molecule has 1 aromatic heterocycles.